The molecular weight excluding hydrogens is 188 g/mol. The maximum absolute atomic E-state index is 4.48. The highest BCUT2D eigenvalue weighted by atomic mass is 15.3. The molecule has 4 nitrogen and oxygen atoms in total. The smallest absolute Gasteiger partial charge is 0.194 e. The summed E-state index contributed by atoms with van der Waals surface area (Å²) in [5, 5.41) is 6.93. The van der Waals surface area contributed by atoms with E-state index < -0.39 is 0 Å². The SMILES string of the molecule is CCN1CCN=C1NCC1CCCNC1. The predicted molar refractivity (Wildman–Crippen MR) is 63.1 cm³/mol. The highest BCUT2D eigenvalue weighted by Crippen LogP contribution is 2.09. The molecule has 0 amide bonds. The summed E-state index contributed by atoms with van der Waals surface area (Å²) in [5.74, 6) is 1.89. The van der Waals surface area contributed by atoms with E-state index >= 15 is 0 Å². The molecule has 1 fully saturated rings. The first-order chi connectivity index (χ1) is 7.40. The van der Waals surface area contributed by atoms with Crippen molar-refractivity contribution in [2.75, 3.05) is 39.3 Å². The molecule has 2 aliphatic heterocycles. The number of hydrogen-bond donors (Lipinski definition) is 2. The van der Waals surface area contributed by atoms with Crippen molar-refractivity contribution in [2.45, 2.75) is 19.8 Å². The van der Waals surface area contributed by atoms with Crippen molar-refractivity contribution in [1.82, 2.24) is 15.5 Å². The molecule has 0 aromatic heterocycles. The average Bonchev–Trinajstić information content (AvgIpc) is 2.75. The number of piperidine rings is 1. The van der Waals surface area contributed by atoms with E-state index in [2.05, 4.69) is 27.4 Å². The van der Waals surface area contributed by atoms with E-state index in [1.165, 1.54) is 19.4 Å². The minimum atomic E-state index is 0.778. The van der Waals surface area contributed by atoms with Crippen molar-refractivity contribution in [3.8, 4) is 0 Å². The first-order valence-electron chi connectivity index (χ1n) is 6.14. The molecule has 2 N–H and O–H groups in total. The summed E-state index contributed by atoms with van der Waals surface area (Å²) in [6.07, 6.45) is 2.66. The molecule has 15 heavy (non-hydrogen) atoms. The minimum absolute atomic E-state index is 0.778. The maximum Gasteiger partial charge on any atom is 0.194 e. The van der Waals surface area contributed by atoms with Crippen LogP contribution < -0.4 is 10.6 Å². The molecule has 2 aliphatic rings. The van der Waals surface area contributed by atoms with Gasteiger partial charge in [-0.15, -0.1) is 0 Å². The van der Waals surface area contributed by atoms with Crippen LogP contribution in [0.2, 0.25) is 0 Å². The van der Waals surface area contributed by atoms with Gasteiger partial charge in [-0.25, -0.2) is 0 Å². The fraction of sp³-hybridized carbons (Fsp3) is 0.909. The molecule has 1 atom stereocenters. The Morgan fingerprint density at radius 1 is 1.60 bits per heavy atom. The van der Waals surface area contributed by atoms with E-state index in [9.17, 15) is 0 Å². The molecule has 2 heterocycles. The van der Waals surface area contributed by atoms with Gasteiger partial charge in [0.1, 0.15) is 0 Å². The lowest BCUT2D eigenvalue weighted by Crippen LogP contribution is -2.43. The van der Waals surface area contributed by atoms with E-state index in [0.29, 0.717) is 0 Å². The van der Waals surface area contributed by atoms with Gasteiger partial charge in [0.05, 0.1) is 6.54 Å². The summed E-state index contributed by atoms with van der Waals surface area (Å²) >= 11 is 0. The van der Waals surface area contributed by atoms with Crippen molar-refractivity contribution in [2.24, 2.45) is 10.9 Å². The quantitative estimate of drug-likeness (QED) is 0.702. The van der Waals surface area contributed by atoms with Gasteiger partial charge in [-0.1, -0.05) is 0 Å². The van der Waals surface area contributed by atoms with Gasteiger partial charge in [0.15, 0.2) is 5.96 Å². The molecule has 0 saturated carbocycles. The lowest BCUT2D eigenvalue weighted by Gasteiger charge is -2.25. The number of guanidine groups is 1. The molecule has 0 radical (unpaired) electrons. The van der Waals surface area contributed by atoms with Crippen LogP contribution in [0.25, 0.3) is 0 Å². The maximum atomic E-state index is 4.48. The van der Waals surface area contributed by atoms with Crippen molar-refractivity contribution < 1.29 is 0 Å². The summed E-state index contributed by atoms with van der Waals surface area (Å²) in [4.78, 5) is 6.80. The van der Waals surface area contributed by atoms with Crippen molar-refractivity contribution in [3.63, 3.8) is 0 Å². The van der Waals surface area contributed by atoms with Gasteiger partial charge in [0.2, 0.25) is 0 Å². The first-order valence-corrected chi connectivity index (χ1v) is 6.14. The summed E-state index contributed by atoms with van der Waals surface area (Å²) in [6.45, 7) is 8.72. The average molecular weight is 210 g/mol. The minimum Gasteiger partial charge on any atom is -0.356 e. The van der Waals surface area contributed by atoms with E-state index in [0.717, 1.165) is 44.6 Å². The number of likely N-dealkylation sites (N-methyl/N-ethyl adjacent to an activating group) is 1. The Morgan fingerprint density at radius 2 is 2.53 bits per heavy atom. The largest absolute Gasteiger partial charge is 0.356 e. The number of aliphatic imine (C=N–C) groups is 1. The zero-order valence-corrected chi connectivity index (χ0v) is 9.63. The zero-order valence-electron chi connectivity index (χ0n) is 9.63. The summed E-state index contributed by atoms with van der Waals surface area (Å²) < 4.78 is 0. The molecular formula is C11H22N4. The lowest BCUT2D eigenvalue weighted by molar-refractivity contribution is 0.368. The number of rotatable bonds is 3. The molecule has 0 aromatic carbocycles. The predicted octanol–water partition coefficient (Wildman–Crippen LogP) is 0.267. The van der Waals surface area contributed by atoms with Crippen LogP contribution in [-0.2, 0) is 0 Å². The molecule has 86 valence electrons. The first kappa shape index (κ1) is 10.7. The molecule has 4 heteroatoms. The Bertz CT molecular complexity index is 221. The van der Waals surface area contributed by atoms with E-state index in [1.807, 2.05) is 0 Å². The topological polar surface area (TPSA) is 39.7 Å². The second-order valence-corrected chi connectivity index (χ2v) is 4.38. The Hall–Kier alpha value is -0.770. The fourth-order valence-corrected chi connectivity index (χ4v) is 2.29. The highest BCUT2D eigenvalue weighted by molar-refractivity contribution is 5.81. The van der Waals surface area contributed by atoms with Gasteiger partial charge in [-0.05, 0) is 38.8 Å². The third-order valence-corrected chi connectivity index (χ3v) is 3.26. The Balaban J connectivity index is 1.72. The van der Waals surface area contributed by atoms with E-state index in [1.54, 1.807) is 0 Å². The molecule has 0 bridgehead atoms. The normalized spacial score (nSPS) is 26.6. The molecule has 2 rings (SSSR count). The second kappa shape index (κ2) is 5.35. The zero-order chi connectivity index (χ0) is 10.5. The second-order valence-electron chi connectivity index (χ2n) is 4.38. The standard InChI is InChI=1S/C11H22N4/c1-2-15-7-6-13-11(15)14-9-10-4-3-5-12-8-10/h10,12H,2-9H2,1H3,(H,13,14). The van der Waals surface area contributed by atoms with Gasteiger partial charge in [-0.2, -0.15) is 0 Å². The lowest BCUT2D eigenvalue weighted by atomic mass is 10.00. The Morgan fingerprint density at radius 3 is 3.27 bits per heavy atom. The van der Waals surface area contributed by atoms with Crippen molar-refractivity contribution in [3.05, 3.63) is 0 Å². The molecule has 0 aromatic rings. The van der Waals surface area contributed by atoms with Crippen LogP contribution >= 0.6 is 0 Å². The van der Waals surface area contributed by atoms with Crippen LogP contribution in [0.5, 0.6) is 0 Å². The van der Waals surface area contributed by atoms with E-state index in [4.69, 9.17) is 0 Å². The van der Waals surface area contributed by atoms with Gasteiger partial charge in [-0.3, -0.25) is 4.99 Å². The van der Waals surface area contributed by atoms with Gasteiger partial charge < -0.3 is 15.5 Å². The van der Waals surface area contributed by atoms with Gasteiger partial charge >= 0.3 is 0 Å². The summed E-state index contributed by atoms with van der Waals surface area (Å²) in [6, 6.07) is 0. The van der Waals surface area contributed by atoms with Crippen LogP contribution in [0.1, 0.15) is 19.8 Å². The van der Waals surface area contributed by atoms with Crippen LogP contribution in [-0.4, -0.2) is 50.1 Å². The summed E-state index contributed by atoms with van der Waals surface area (Å²) in [7, 11) is 0. The third kappa shape index (κ3) is 2.84. The van der Waals surface area contributed by atoms with Crippen molar-refractivity contribution >= 4 is 5.96 Å². The summed E-state index contributed by atoms with van der Waals surface area (Å²) in [5.41, 5.74) is 0. The molecule has 0 aliphatic carbocycles. The van der Waals surface area contributed by atoms with Crippen molar-refractivity contribution in [1.29, 1.82) is 0 Å². The highest BCUT2D eigenvalue weighted by Gasteiger charge is 2.17. The monoisotopic (exact) mass is 210 g/mol. The Labute approximate surface area is 92.1 Å². The van der Waals surface area contributed by atoms with Crippen LogP contribution in [0.3, 0.4) is 0 Å². The number of hydrogen-bond acceptors (Lipinski definition) is 4. The van der Waals surface area contributed by atoms with Crippen LogP contribution in [0.15, 0.2) is 4.99 Å². The molecule has 1 unspecified atom stereocenters. The third-order valence-electron chi connectivity index (χ3n) is 3.26. The number of nitrogens with zero attached hydrogens (tertiary/aromatic N) is 2. The van der Waals surface area contributed by atoms with Crippen LogP contribution in [0.4, 0.5) is 0 Å². The number of nitrogens with one attached hydrogen (secondary N) is 2. The molecule has 0 spiro atoms. The molecule has 1 saturated heterocycles. The van der Waals surface area contributed by atoms with Crippen LogP contribution in [0, 0.1) is 5.92 Å². The van der Waals surface area contributed by atoms with Gasteiger partial charge in [0, 0.05) is 19.6 Å². The van der Waals surface area contributed by atoms with E-state index in [-0.39, 0.29) is 0 Å². The Kier molecular flexibility index (Phi) is 3.83. The fourth-order valence-electron chi connectivity index (χ4n) is 2.29. The van der Waals surface area contributed by atoms with Gasteiger partial charge in [0.25, 0.3) is 0 Å².